The average Bonchev–Trinajstić information content (AvgIpc) is 2.64. The number of nitro groups is 1. The number of hydrogen-bond donors (Lipinski definition) is 1. The highest BCUT2D eigenvalue weighted by atomic mass is 19.1. The second kappa shape index (κ2) is 7.18. The van der Waals surface area contributed by atoms with Gasteiger partial charge in [-0.1, -0.05) is 12.2 Å². The smallest absolute Gasteiger partial charge is 0.307 e. The van der Waals surface area contributed by atoms with Crippen LogP contribution in [0.25, 0.3) is 0 Å². The molecule has 26 heavy (non-hydrogen) atoms. The van der Waals surface area contributed by atoms with E-state index in [1.807, 2.05) is 36.3 Å². The standard InChI is InChI=1S/C17H16FN5O3/c1-11-10-19-17(21-16(11)22-6-4-3-5-7-22)20-13-9-14(23(24)25)12(18)8-15(13)26-2/h3-6,8-10H,7H2,1-2H3,(H,19,20,21). The van der Waals surface area contributed by atoms with Crippen LogP contribution in [0.5, 0.6) is 5.75 Å². The van der Waals surface area contributed by atoms with Crippen molar-refractivity contribution >= 4 is 23.1 Å². The van der Waals surface area contributed by atoms with Crippen molar-refractivity contribution in [1.82, 2.24) is 9.97 Å². The molecule has 0 saturated heterocycles. The SMILES string of the molecule is COc1cc(F)c([N+](=O)[O-])cc1Nc1ncc(C)c(N2C=CC=CC2)n1. The lowest BCUT2D eigenvalue weighted by Gasteiger charge is -2.21. The zero-order chi connectivity index (χ0) is 18.7. The van der Waals surface area contributed by atoms with Crippen molar-refractivity contribution in [2.24, 2.45) is 0 Å². The molecule has 2 heterocycles. The summed E-state index contributed by atoms with van der Waals surface area (Å²) < 4.78 is 18.9. The minimum Gasteiger partial charge on any atom is -0.494 e. The van der Waals surface area contributed by atoms with Crippen molar-refractivity contribution in [2.45, 2.75) is 6.92 Å². The Bertz CT molecular complexity index is 914. The van der Waals surface area contributed by atoms with Crippen molar-refractivity contribution in [2.75, 3.05) is 23.9 Å². The number of nitrogens with zero attached hydrogens (tertiary/aromatic N) is 4. The second-order valence-corrected chi connectivity index (χ2v) is 5.51. The fourth-order valence-corrected chi connectivity index (χ4v) is 2.48. The Hall–Kier alpha value is -3.49. The maximum atomic E-state index is 13.8. The molecule has 1 aliphatic rings. The van der Waals surface area contributed by atoms with Crippen LogP contribution in [0.2, 0.25) is 0 Å². The summed E-state index contributed by atoms with van der Waals surface area (Å²) in [5.41, 5.74) is 0.404. The van der Waals surface area contributed by atoms with Gasteiger partial charge in [-0.3, -0.25) is 10.1 Å². The van der Waals surface area contributed by atoms with E-state index in [9.17, 15) is 14.5 Å². The Kier molecular flexibility index (Phi) is 4.78. The predicted molar refractivity (Wildman–Crippen MR) is 95.3 cm³/mol. The maximum Gasteiger partial charge on any atom is 0.307 e. The van der Waals surface area contributed by atoms with Gasteiger partial charge in [0.05, 0.1) is 17.7 Å². The number of aryl methyl sites for hydroxylation is 1. The van der Waals surface area contributed by atoms with E-state index >= 15 is 0 Å². The highest BCUT2D eigenvalue weighted by molar-refractivity contribution is 5.67. The summed E-state index contributed by atoms with van der Waals surface area (Å²) >= 11 is 0. The number of aromatic nitrogens is 2. The predicted octanol–water partition coefficient (Wildman–Crippen LogP) is 3.47. The number of halogens is 1. The summed E-state index contributed by atoms with van der Waals surface area (Å²) in [4.78, 5) is 20.8. The Balaban J connectivity index is 1.96. The Morgan fingerprint density at radius 1 is 1.38 bits per heavy atom. The van der Waals surface area contributed by atoms with Crippen molar-refractivity contribution in [3.63, 3.8) is 0 Å². The summed E-state index contributed by atoms with van der Waals surface area (Å²) in [6, 6.07) is 2.01. The topological polar surface area (TPSA) is 93.4 Å². The van der Waals surface area contributed by atoms with Crippen LogP contribution in [0.4, 0.5) is 27.5 Å². The molecule has 9 heteroatoms. The highest BCUT2D eigenvalue weighted by Gasteiger charge is 2.20. The lowest BCUT2D eigenvalue weighted by atomic mass is 10.2. The molecular formula is C17H16FN5O3. The molecule has 0 bridgehead atoms. The number of anilines is 3. The van der Waals surface area contributed by atoms with Crippen LogP contribution < -0.4 is 15.0 Å². The van der Waals surface area contributed by atoms with E-state index in [2.05, 4.69) is 15.3 Å². The number of allylic oxidation sites excluding steroid dienone is 2. The minimum atomic E-state index is -0.979. The van der Waals surface area contributed by atoms with Gasteiger partial charge in [0.15, 0.2) is 0 Å². The fourth-order valence-electron chi connectivity index (χ4n) is 2.48. The molecule has 2 aromatic rings. The summed E-state index contributed by atoms with van der Waals surface area (Å²) in [5.74, 6) is 0.0409. The van der Waals surface area contributed by atoms with Crippen molar-refractivity contribution in [3.05, 3.63) is 64.3 Å². The lowest BCUT2D eigenvalue weighted by molar-refractivity contribution is -0.387. The molecule has 8 nitrogen and oxygen atoms in total. The van der Waals surface area contributed by atoms with E-state index in [0.29, 0.717) is 12.4 Å². The number of ether oxygens (including phenoxy) is 1. The first-order valence-corrected chi connectivity index (χ1v) is 7.72. The molecule has 1 aliphatic heterocycles. The monoisotopic (exact) mass is 357 g/mol. The molecule has 1 aromatic heterocycles. The summed E-state index contributed by atoms with van der Waals surface area (Å²) in [7, 11) is 1.35. The largest absolute Gasteiger partial charge is 0.494 e. The first kappa shape index (κ1) is 17.3. The number of hydrogen-bond acceptors (Lipinski definition) is 7. The van der Waals surface area contributed by atoms with Gasteiger partial charge in [-0.25, -0.2) is 4.98 Å². The van der Waals surface area contributed by atoms with Gasteiger partial charge in [0.1, 0.15) is 11.6 Å². The third-order valence-corrected chi connectivity index (χ3v) is 3.74. The van der Waals surface area contributed by atoms with E-state index in [4.69, 9.17) is 4.74 Å². The van der Waals surface area contributed by atoms with Gasteiger partial charge < -0.3 is 15.0 Å². The van der Waals surface area contributed by atoms with Gasteiger partial charge in [-0.15, -0.1) is 0 Å². The normalized spacial score (nSPS) is 13.0. The van der Waals surface area contributed by atoms with Gasteiger partial charge >= 0.3 is 5.69 Å². The number of benzene rings is 1. The van der Waals surface area contributed by atoms with Crippen LogP contribution in [0.1, 0.15) is 5.56 Å². The molecule has 3 rings (SSSR count). The van der Waals surface area contributed by atoms with E-state index in [1.54, 1.807) is 6.20 Å². The second-order valence-electron chi connectivity index (χ2n) is 5.51. The number of nitrogens with one attached hydrogen (secondary N) is 1. The number of methoxy groups -OCH3 is 1. The van der Waals surface area contributed by atoms with E-state index in [0.717, 1.165) is 17.7 Å². The molecule has 0 radical (unpaired) electrons. The minimum absolute atomic E-state index is 0.111. The number of rotatable bonds is 5. The molecule has 0 aliphatic carbocycles. The zero-order valence-electron chi connectivity index (χ0n) is 14.1. The molecule has 1 aromatic carbocycles. The Morgan fingerprint density at radius 3 is 2.85 bits per heavy atom. The molecule has 0 spiro atoms. The first-order valence-electron chi connectivity index (χ1n) is 7.72. The summed E-state index contributed by atoms with van der Waals surface area (Å²) in [6.45, 7) is 2.55. The van der Waals surface area contributed by atoms with Gasteiger partial charge in [-0.05, 0) is 13.0 Å². The van der Waals surface area contributed by atoms with Gasteiger partial charge in [0.2, 0.25) is 11.8 Å². The van der Waals surface area contributed by atoms with Gasteiger partial charge in [-0.2, -0.15) is 9.37 Å². The first-order chi connectivity index (χ1) is 12.5. The molecule has 0 amide bonds. The molecule has 0 fully saturated rings. The Labute approximate surface area is 148 Å². The molecule has 0 atom stereocenters. The number of nitro benzene ring substituents is 1. The van der Waals surface area contributed by atoms with Crippen LogP contribution in [-0.4, -0.2) is 28.5 Å². The summed E-state index contributed by atoms with van der Waals surface area (Å²) in [6.07, 6.45) is 9.35. The fraction of sp³-hybridized carbons (Fsp3) is 0.176. The average molecular weight is 357 g/mol. The lowest BCUT2D eigenvalue weighted by Crippen LogP contribution is -2.20. The van der Waals surface area contributed by atoms with Gasteiger partial charge in [0.25, 0.3) is 0 Å². The molecule has 0 saturated carbocycles. The third-order valence-electron chi connectivity index (χ3n) is 3.74. The quantitative estimate of drug-likeness (QED) is 0.647. The van der Waals surface area contributed by atoms with Crippen LogP contribution in [-0.2, 0) is 0 Å². The molecule has 134 valence electrons. The molecule has 0 unspecified atom stereocenters. The van der Waals surface area contributed by atoms with E-state index in [1.165, 1.54) is 7.11 Å². The molecule has 1 N–H and O–H groups in total. The van der Waals surface area contributed by atoms with Crippen molar-refractivity contribution < 1.29 is 14.1 Å². The van der Waals surface area contributed by atoms with Crippen LogP contribution >= 0.6 is 0 Å². The van der Waals surface area contributed by atoms with Gasteiger partial charge in [0, 0.05) is 36.6 Å². The highest BCUT2D eigenvalue weighted by Crippen LogP contribution is 2.33. The van der Waals surface area contributed by atoms with E-state index in [-0.39, 0.29) is 17.4 Å². The Morgan fingerprint density at radius 2 is 2.19 bits per heavy atom. The van der Waals surface area contributed by atoms with E-state index < -0.39 is 16.4 Å². The van der Waals surface area contributed by atoms with Crippen LogP contribution in [0.3, 0.4) is 0 Å². The van der Waals surface area contributed by atoms with Crippen LogP contribution in [0.15, 0.2) is 42.8 Å². The maximum absolute atomic E-state index is 13.8. The van der Waals surface area contributed by atoms with Crippen molar-refractivity contribution in [3.8, 4) is 5.75 Å². The zero-order valence-corrected chi connectivity index (χ0v) is 14.1. The summed E-state index contributed by atoms with van der Waals surface area (Å²) in [5, 5.41) is 13.8. The molecular weight excluding hydrogens is 341 g/mol. The van der Waals surface area contributed by atoms with Crippen LogP contribution in [0, 0.1) is 22.9 Å². The third kappa shape index (κ3) is 3.46. The van der Waals surface area contributed by atoms with Crippen molar-refractivity contribution in [1.29, 1.82) is 0 Å².